The Labute approximate surface area is 185 Å². The largest absolute Gasteiger partial charge is 0.479 e. The molecule has 4 rings (SSSR count). The number of benzene rings is 3. The van der Waals surface area contributed by atoms with Crippen molar-refractivity contribution in [1.29, 1.82) is 0 Å². The van der Waals surface area contributed by atoms with Crippen LogP contribution >= 0.6 is 0 Å². The van der Waals surface area contributed by atoms with Gasteiger partial charge in [0.2, 0.25) is 0 Å². The summed E-state index contributed by atoms with van der Waals surface area (Å²) in [5.74, 6) is -3.95. The number of rotatable bonds is 5. The van der Waals surface area contributed by atoms with Crippen molar-refractivity contribution in [2.24, 2.45) is 0 Å². The molecular formula is C24H17F4NO4. The number of ether oxygens (including phenoxy) is 1. The van der Waals surface area contributed by atoms with Crippen molar-refractivity contribution in [1.82, 2.24) is 5.32 Å². The number of hydrogen-bond donors (Lipinski definition) is 2. The van der Waals surface area contributed by atoms with Crippen molar-refractivity contribution >= 4 is 12.1 Å². The van der Waals surface area contributed by atoms with Crippen LogP contribution in [0.25, 0.3) is 11.1 Å². The highest BCUT2D eigenvalue weighted by Crippen LogP contribution is 2.45. The average molecular weight is 459 g/mol. The molecule has 33 heavy (non-hydrogen) atoms. The smallest absolute Gasteiger partial charge is 0.426 e. The summed E-state index contributed by atoms with van der Waals surface area (Å²) in [6.45, 7) is -0.323. The molecule has 0 aliphatic heterocycles. The van der Waals surface area contributed by atoms with Gasteiger partial charge in [0, 0.05) is 11.5 Å². The minimum atomic E-state index is -5.49. The van der Waals surface area contributed by atoms with Gasteiger partial charge in [-0.15, -0.1) is 0 Å². The van der Waals surface area contributed by atoms with Crippen LogP contribution in [0.5, 0.6) is 0 Å². The molecule has 1 atom stereocenters. The van der Waals surface area contributed by atoms with E-state index in [0.29, 0.717) is 6.07 Å². The van der Waals surface area contributed by atoms with Crippen LogP contribution < -0.4 is 5.32 Å². The highest BCUT2D eigenvalue weighted by Gasteiger charge is 2.64. The van der Waals surface area contributed by atoms with Crippen molar-refractivity contribution in [2.45, 2.75) is 17.6 Å². The van der Waals surface area contributed by atoms with Gasteiger partial charge in [0.1, 0.15) is 12.4 Å². The molecule has 170 valence electrons. The standard InChI is InChI=1S/C24H17F4NO4/c25-15-7-5-6-14(12-15)23(21(30)31,24(26,27)28)29-22(32)33-13-20-18-10-3-1-8-16(18)17-9-2-4-11-19(17)20/h1-12,20H,13H2,(H,29,32)(H,30,31). The predicted octanol–water partition coefficient (Wildman–Crippen LogP) is 5.21. The van der Waals surface area contributed by atoms with Crippen molar-refractivity contribution < 1.29 is 37.0 Å². The third-order valence-electron chi connectivity index (χ3n) is 5.64. The molecule has 1 aliphatic carbocycles. The van der Waals surface area contributed by atoms with Crippen LogP contribution in [0.2, 0.25) is 0 Å². The quantitative estimate of drug-likeness (QED) is 0.514. The van der Waals surface area contributed by atoms with E-state index in [2.05, 4.69) is 0 Å². The van der Waals surface area contributed by atoms with Gasteiger partial charge in [-0.25, -0.2) is 14.0 Å². The van der Waals surface area contributed by atoms with Gasteiger partial charge in [0.05, 0.1) is 0 Å². The lowest BCUT2D eigenvalue weighted by Gasteiger charge is -2.32. The number of carbonyl (C=O) groups is 2. The lowest BCUT2D eigenvalue weighted by Crippen LogP contribution is -2.61. The Morgan fingerprint density at radius 3 is 2.00 bits per heavy atom. The molecule has 1 amide bonds. The zero-order valence-corrected chi connectivity index (χ0v) is 16.9. The summed E-state index contributed by atoms with van der Waals surface area (Å²) in [5.41, 5.74) is -1.39. The van der Waals surface area contributed by atoms with Gasteiger partial charge in [-0.3, -0.25) is 5.32 Å². The molecule has 3 aromatic carbocycles. The number of hydrogen-bond acceptors (Lipinski definition) is 3. The van der Waals surface area contributed by atoms with E-state index in [4.69, 9.17) is 4.74 Å². The number of nitrogens with one attached hydrogen (secondary N) is 1. The molecular weight excluding hydrogens is 442 g/mol. The molecule has 0 spiro atoms. The molecule has 0 fully saturated rings. The first-order valence-electron chi connectivity index (χ1n) is 9.84. The number of alkyl halides is 3. The van der Waals surface area contributed by atoms with Crippen molar-refractivity contribution in [2.75, 3.05) is 6.61 Å². The van der Waals surface area contributed by atoms with E-state index < -0.39 is 41.1 Å². The van der Waals surface area contributed by atoms with Crippen molar-refractivity contribution in [3.8, 4) is 11.1 Å². The maximum absolute atomic E-state index is 14.0. The first-order valence-corrected chi connectivity index (χ1v) is 9.84. The number of aliphatic carboxylic acids is 1. The van der Waals surface area contributed by atoms with E-state index in [1.807, 2.05) is 36.4 Å². The van der Waals surface area contributed by atoms with Gasteiger partial charge in [-0.05, 0) is 34.4 Å². The fraction of sp³-hybridized carbons (Fsp3) is 0.167. The minimum absolute atomic E-state index is 0.323. The Kier molecular flexibility index (Phi) is 5.57. The van der Waals surface area contributed by atoms with Crippen molar-refractivity contribution in [3.63, 3.8) is 0 Å². The van der Waals surface area contributed by atoms with Crippen LogP contribution in [0.4, 0.5) is 22.4 Å². The summed E-state index contributed by atoms with van der Waals surface area (Å²) in [7, 11) is 0. The number of amides is 1. The Morgan fingerprint density at radius 1 is 0.909 bits per heavy atom. The normalized spacial score (nSPS) is 14.7. The molecule has 1 aliphatic rings. The summed E-state index contributed by atoms with van der Waals surface area (Å²) in [5, 5.41) is 10.9. The number of alkyl carbamates (subject to hydrolysis) is 1. The van der Waals surface area contributed by atoms with Gasteiger partial charge in [-0.1, -0.05) is 60.7 Å². The molecule has 9 heteroatoms. The SMILES string of the molecule is O=C(NC(C(=O)O)(c1cccc(F)c1)C(F)(F)F)OCC1c2ccccc2-c2ccccc21. The zero-order chi connectivity index (χ0) is 23.8. The van der Waals surface area contributed by atoms with Gasteiger partial charge in [0.25, 0.3) is 5.54 Å². The lowest BCUT2D eigenvalue weighted by atomic mass is 9.89. The molecule has 1 unspecified atom stereocenters. The maximum atomic E-state index is 14.0. The minimum Gasteiger partial charge on any atom is -0.479 e. The molecule has 0 bridgehead atoms. The second-order valence-corrected chi connectivity index (χ2v) is 7.51. The number of carbonyl (C=O) groups excluding carboxylic acids is 1. The van der Waals surface area contributed by atoms with Crippen LogP contribution in [-0.4, -0.2) is 30.0 Å². The summed E-state index contributed by atoms with van der Waals surface area (Å²) < 4.78 is 60.6. The number of carboxylic acids is 1. The summed E-state index contributed by atoms with van der Waals surface area (Å²) >= 11 is 0. The van der Waals surface area contributed by atoms with E-state index in [9.17, 15) is 32.3 Å². The molecule has 0 saturated carbocycles. The summed E-state index contributed by atoms with van der Waals surface area (Å²) in [6, 6.07) is 17.7. The van der Waals surface area contributed by atoms with E-state index in [1.54, 1.807) is 12.1 Å². The van der Waals surface area contributed by atoms with Crippen LogP contribution in [0, 0.1) is 5.82 Å². The third kappa shape index (κ3) is 3.79. The van der Waals surface area contributed by atoms with Gasteiger partial charge in [-0.2, -0.15) is 13.2 Å². The maximum Gasteiger partial charge on any atom is 0.426 e. The fourth-order valence-electron chi connectivity index (χ4n) is 4.11. The molecule has 3 aromatic rings. The highest BCUT2D eigenvalue weighted by molar-refractivity contribution is 5.87. The number of halogens is 4. The second-order valence-electron chi connectivity index (χ2n) is 7.51. The lowest BCUT2D eigenvalue weighted by molar-refractivity contribution is -0.211. The van der Waals surface area contributed by atoms with Crippen LogP contribution in [0.1, 0.15) is 22.6 Å². The molecule has 0 radical (unpaired) electrons. The van der Waals surface area contributed by atoms with E-state index in [1.165, 1.54) is 5.32 Å². The fourth-order valence-corrected chi connectivity index (χ4v) is 4.11. The second kappa shape index (κ2) is 8.23. The summed E-state index contributed by atoms with van der Waals surface area (Å²) in [4.78, 5) is 24.2. The topological polar surface area (TPSA) is 75.6 Å². The van der Waals surface area contributed by atoms with Gasteiger partial charge in [0.15, 0.2) is 0 Å². The zero-order valence-electron chi connectivity index (χ0n) is 16.9. The first kappa shape index (κ1) is 22.3. The van der Waals surface area contributed by atoms with E-state index in [0.717, 1.165) is 40.5 Å². The van der Waals surface area contributed by atoms with E-state index in [-0.39, 0.29) is 6.61 Å². The number of carboxylic acid groups (broad SMARTS) is 1. The Balaban J connectivity index is 1.61. The van der Waals surface area contributed by atoms with Gasteiger partial charge < -0.3 is 9.84 Å². The van der Waals surface area contributed by atoms with Crippen LogP contribution in [-0.2, 0) is 15.1 Å². The molecule has 0 heterocycles. The molecule has 2 N–H and O–H groups in total. The molecule has 0 saturated heterocycles. The highest BCUT2D eigenvalue weighted by atomic mass is 19.4. The van der Waals surface area contributed by atoms with Gasteiger partial charge >= 0.3 is 18.2 Å². The number of fused-ring (bicyclic) bond motifs is 3. The molecule has 5 nitrogen and oxygen atoms in total. The Bertz CT molecular complexity index is 1180. The Hall–Kier alpha value is -3.88. The first-order chi connectivity index (χ1) is 15.6. The Morgan fingerprint density at radius 2 is 1.48 bits per heavy atom. The summed E-state index contributed by atoms with van der Waals surface area (Å²) in [6.07, 6.45) is -7.08. The third-order valence-corrected chi connectivity index (χ3v) is 5.64. The van der Waals surface area contributed by atoms with Crippen LogP contribution in [0.15, 0.2) is 72.8 Å². The van der Waals surface area contributed by atoms with E-state index >= 15 is 0 Å². The predicted molar refractivity (Wildman–Crippen MR) is 110 cm³/mol. The average Bonchev–Trinajstić information content (AvgIpc) is 3.09. The van der Waals surface area contributed by atoms with Crippen LogP contribution in [0.3, 0.4) is 0 Å². The molecule has 0 aromatic heterocycles. The monoisotopic (exact) mass is 459 g/mol. The van der Waals surface area contributed by atoms with Crippen molar-refractivity contribution in [3.05, 3.63) is 95.3 Å².